The maximum absolute atomic E-state index is 11.1. The second-order valence-electron chi connectivity index (χ2n) is 4.30. The van der Waals surface area contributed by atoms with Crippen molar-refractivity contribution in [1.29, 1.82) is 0 Å². The third kappa shape index (κ3) is 2.42. The SMILES string of the molecule is COc1cccc(OC)c1-c1ccc(C)c([N+](=O)[O-])c1. The predicted molar refractivity (Wildman–Crippen MR) is 76.4 cm³/mol. The van der Waals surface area contributed by atoms with Crippen LogP contribution in [0, 0.1) is 17.0 Å². The van der Waals surface area contributed by atoms with Gasteiger partial charge in [0.15, 0.2) is 0 Å². The molecule has 0 aliphatic heterocycles. The zero-order chi connectivity index (χ0) is 14.7. The molecule has 0 aromatic heterocycles. The number of rotatable bonds is 4. The molecule has 0 aliphatic rings. The van der Waals surface area contributed by atoms with E-state index in [-0.39, 0.29) is 10.6 Å². The number of methoxy groups -OCH3 is 2. The molecule has 0 heterocycles. The molecular formula is C15H15NO4. The summed E-state index contributed by atoms with van der Waals surface area (Å²) in [4.78, 5) is 10.7. The van der Waals surface area contributed by atoms with Crippen LogP contribution < -0.4 is 9.47 Å². The van der Waals surface area contributed by atoms with Gasteiger partial charge in [0.05, 0.1) is 24.7 Å². The number of nitro benzene ring substituents is 1. The zero-order valence-corrected chi connectivity index (χ0v) is 11.5. The Kier molecular flexibility index (Phi) is 3.89. The van der Waals surface area contributed by atoms with E-state index in [4.69, 9.17) is 9.47 Å². The van der Waals surface area contributed by atoms with Gasteiger partial charge in [0.1, 0.15) is 11.5 Å². The van der Waals surface area contributed by atoms with Crippen molar-refractivity contribution >= 4 is 5.69 Å². The molecule has 5 heteroatoms. The third-order valence-corrected chi connectivity index (χ3v) is 3.12. The van der Waals surface area contributed by atoms with Gasteiger partial charge in [-0.25, -0.2) is 0 Å². The van der Waals surface area contributed by atoms with E-state index < -0.39 is 0 Å². The first-order valence-electron chi connectivity index (χ1n) is 6.05. The fourth-order valence-electron chi connectivity index (χ4n) is 2.10. The minimum Gasteiger partial charge on any atom is -0.496 e. The minimum atomic E-state index is -0.388. The number of hydrogen-bond donors (Lipinski definition) is 0. The van der Waals surface area contributed by atoms with Crippen LogP contribution in [0.3, 0.4) is 0 Å². The highest BCUT2D eigenvalue weighted by molar-refractivity contribution is 5.78. The molecular weight excluding hydrogens is 258 g/mol. The fourth-order valence-corrected chi connectivity index (χ4v) is 2.10. The quantitative estimate of drug-likeness (QED) is 0.631. The van der Waals surface area contributed by atoms with Crippen molar-refractivity contribution < 1.29 is 14.4 Å². The largest absolute Gasteiger partial charge is 0.496 e. The maximum atomic E-state index is 11.1. The van der Waals surface area contributed by atoms with Crippen LogP contribution in [0.1, 0.15) is 5.56 Å². The lowest BCUT2D eigenvalue weighted by atomic mass is 10.0. The topological polar surface area (TPSA) is 61.6 Å². The van der Waals surface area contributed by atoms with Crippen molar-refractivity contribution in [2.45, 2.75) is 6.92 Å². The molecule has 0 N–H and O–H groups in total. The zero-order valence-electron chi connectivity index (χ0n) is 11.5. The first-order valence-corrected chi connectivity index (χ1v) is 6.05. The molecule has 5 nitrogen and oxygen atoms in total. The van der Waals surface area contributed by atoms with E-state index in [0.29, 0.717) is 28.2 Å². The standard InChI is InChI=1S/C15H15NO4/c1-10-7-8-11(9-12(10)16(17)18)15-13(19-2)5-4-6-14(15)20-3/h4-9H,1-3H3. The lowest BCUT2D eigenvalue weighted by Gasteiger charge is -2.13. The van der Waals surface area contributed by atoms with E-state index in [0.717, 1.165) is 0 Å². The number of hydrogen-bond acceptors (Lipinski definition) is 4. The molecule has 0 unspecified atom stereocenters. The molecule has 0 radical (unpaired) electrons. The molecule has 0 aliphatic carbocycles. The molecule has 20 heavy (non-hydrogen) atoms. The van der Waals surface area contributed by atoms with Gasteiger partial charge in [0.25, 0.3) is 5.69 Å². The number of aryl methyl sites for hydroxylation is 1. The first kappa shape index (κ1) is 13.9. The van der Waals surface area contributed by atoms with Crippen LogP contribution in [0.4, 0.5) is 5.69 Å². The Morgan fingerprint density at radius 3 is 2.15 bits per heavy atom. The van der Waals surface area contributed by atoms with Crippen LogP contribution in [0.15, 0.2) is 36.4 Å². The number of ether oxygens (including phenoxy) is 2. The van der Waals surface area contributed by atoms with Crippen LogP contribution in [0.2, 0.25) is 0 Å². The van der Waals surface area contributed by atoms with Gasteiger partial charge in [-0.05, 0) is 24.6 Å². The highest BCUT2D eigenvalue weighted by Crippen LogP contribution is 2.39. The van der Waals surface area contributed by atoms with E-state index in [1.807, 2.05) is 12.1 Å². The van der Waals surface area contributed by atoms with Crippen molar-refractivity contribution in [2.24, 2.45) is 0 Å². The van der Waals surface area contributed by atoms with Gasteiger partial charge in [-0.2, -0.15) is 0 Å². The normalized spacial score (nSPS) is 10.2. The highest BCUT2D eigenvalue weighted by Gasteiger charge is 2.17. The molecule has 0 saturated heterocycles. The lowest BCUT2D eigenvalue weighted by molar-refractivity contribution is -0.385. The van der Waals surface area contributed by atoms with Crippen molar-refractivity contribution in [1.82, 2.24) is 0 Å². The first-order chi connectivity index (χ1) is 9.58. The summed E-state index contributed by atoms with van der Waals surface area (Å²) in [6.45, 7) is 1.71. The van der Waals surface area contributed by atoms with Gasteiger partial charge in [-0.3, -0.25) is 10.1 Å². The molecule has 0 atom stereocenters. The van der Waals surface area contributed by atoms with E-state index in [1.54, 1.807) is 39.3 Å². The molecule has 0 fully saturated rings. The molecule has 2 aromatic rings. The van der Waals surface area contributed by atoms with Crippen LogP contribution >= 0.6 is 0 Å². The third-order valence-electron chi connectivity index (χ3n) is 3.12. The van der Waals surface area contributed by atoms with E-state index in [1.165, 1.54) is 6.07 Å². The lowest BCUT2D eigenvalue weighted by Crippen LogP contribution is -1.95. The minimum absolute atomic E-state index is 0.0791. The van der Waals surface area contributed by atoms with Crippen molar-refractivity contribution in [3.63, 3.8) is 0 Å². The van der Waals surface area contributed by atoms with Crippen LogP contribution in [0.25, 0.3) is 11.1 Å². The Labute approximate surface area is 116 Å². The molecule has 0 spiro atoms. The summed E-state index contributed by atoms with van der Waals surface area (Å²) in [5.74, 6) is 1.23. The summed E-state index contributed by atoms with van der Waals surface area (Å²) in [5, 5.41) is 11.1. The van der Waals surface area contributed by atoms with Crippen molar-refractivity contribution in [2.75, 3.05) is 14.2 Å². The van der Waals surface area contributed by atoms with Crippen molar-refractivity contribution in [3.8, 4) is 22.6 Å². The van der Waals surface area contributed by atoms with Crippen LogP contribution in [0.5, 0.6) is 11.5 Å². The summed E-state index contributed by atoms with van der Waals surface area (Å²) in [7, 11) is 3.11. The van der Waals surface area contributed by atoms with Gasteiger partial charge >= 0.3 is 0 Å². The summed E-state index contributed by atoms with van der Waals surface area (Å²) in [6, 6.07) is 10.5. The number of nitrogens with zero attached hydrogens (tertiary/aromatic N) is 1. The maximum Gasteiger partial charge on any atom is 0.272 e. The highest BCUT2D eigenvalue weighted by atomic mass is 16.6. The van der Waals surface area contributed by atoms with Crippen LogP contribution in [-0.2, 0) is 0 Å². The predicted octanol–water partition coefficient (Wildman–Crippen LogP) is 3.59. The Hall–Kier alpha value is -2.56. The number of nitro groups is 1. The summed E-state index contributed by atoms with van der Waals surface area (Å²) in [5.41, 5.74) is 2.10. The van der Waals surface area contributed by atoms with E-state index in [9.17, 15) is 10.1 Å². The second-order valence-corrected chi connectivity index (χ2v) is 4.30. The van der Waals surface area contributed by atoms with Gasteiger partial charge in [-0.15, -0.1) is 0 Å². The second kappa shape index (κ2) is 5.61. The van der Waals surface area contributed by atoms with E-state index >= 15 is 0 Å². The van der Waals surface area contributed by atoms with Crippen LogP contribution in [-0.4, -0.2) is 19.1 Å². The van der Waals surface area contributed by atoms with E-state index in [2.05, 4.69) is 0 Å². The molecule has 104 valence electrons. The Balaban J connectivity index is 2.68. The van der Waals surface area contributed by atoms with Gasteiger partial charge in [0.2, 0.25) is 0 Å². The Morgan fingerprint density at radius 2 is 1.65 bits per heavy atom. The van der Waals surface area contributed by atoms with Gasteiger partial charge in [0, 0.05) is 11.6 Å². The number of benzene rings is 2. The van der Waals surface area contributed by atoms with Crippen molar-refractivity contribution in [3.05, 3.63) is 52.1 Å². The Bertz CT molecular complexity index is 630. The summed E-state index contributed by atoms with van der Waals surface area (Å²) < 4.78 is 10.6. The summed E-state index contributed by atoms with van der Waals surface area (Å²) in [6.07, 6.45) is 0. The molecule has 2 rings (SSSR count). The average molecular weight is 273 g/mol. The molecule has 2 aromatic carbocycles. The fraction of sp³-hybridized carbons (Fsp3) is 0.200. The smallest absolute Gasteiger partial charge is 0.272 e. The van der Waals surface area contributed by atoms with Gasteiger partial charge < -0.3 is 9.47 Å². The molecule has 0 saturated carbocycles. The Morgan fingerprint density at radius 1 is 1.05 bits per heavy atom. The summed E-state index contributed by atoms with van der Waals surface area (Å²) >= 11 is 0. The average Bonchev–Trinajstić information content (AvgIpc) is 2.46. The van der Waals surface area contributed by atoms with Gasteiger partial charge in [-0.1, -0.05) is 18.2 Å². The molecule has 0 amide bonds. The monoisotopic (exact) mass is 273 g/mol. The molecule has 0 bridgehead atoms.